The average molecular weight is 300 g/mol. The molecule has 21 heavy (non-hydrogen) atoms. The maximum Gasteiger partial charge on any atom is 0.341 e. The molecule has 1 aromatic heterocycles. The summed E-state index contributed by atoms with van der Waals surface area (Å²) < 4.78 is 31.7. The van der Waals surface area contributed by atoms with Gasteiger partial charge in [-0.2, -0.15) is 0 Å². The van der Waals surface area contributed by atoms with Gasteiger partial charge in [-0.05, 0) is 12.8 Å². The molecule has 1 saturated carbocycles. The van der Waals surface area contributed by atoms with Crippen molar-refractivity contribution in [1.29, 1.82) is 0 Å². The first-order valence-corrected chi connectivity index (χ1v) is 6.23. The van der Waals surface area contributed by atoms with Crippen LogP contribution in [0.4, 0.5) is 14.5 Å². The van der Waals surface area contributed by atoms with Crippen LogP contribution >= 0.6 is 0 Å². The number of hydrogen-bond acceptors (Lipinski definition) is 4. The van der Waals surface area contributed by atoms with Crippen LogP contribution in [0, 0.1) is 0 Å². The highest BCUT2D eigenvalue weighted by Crippen LogP contribution is 2.47. The highest BCUT2D eigenvalue weighted by molar-refractivity contribution is 6.00. The smallest absolute Gasteiger partial charge is 0.341 e. The molecule has 1 heterocycles. The minimum atomic E-state index is -2.72. The van der Waals surface area contributed by atoms with Crippen molar-refractivity contribution in [2.45, 2.75) is 31.7 Å². The Bertz CT molecular complexity index is 650. The summed E-state index contributed by atoms with van der Waals surface area (Å²) in [6.45, 7) is 1.20. The first-order valence-electron chi connectivity index (χ1n) is 6.23. The second-order valence-electron chi connectivity index (χ2n) is 4.89. The molecule has 0 aliphatic heterocycles. The maximum atomic E-state index is 13.1. The number of anilines is 1. The predicted octanol–water partition coefficient (Wildman–Crippen LogP) is 1.35. The number of ether oxygens (including phenoxy) is 1. The van der Waals surface area contributed by atoms with E-state index in [9.17, 15) is 23.2 Å². The Kier molecular flexibility index (Phi) is 3.80. The Morgan fingerprint density at radius 3 is 2.48 bits per heavy atom. The van der Waals surface area contributed by atoms with E-state index in [0.717, 1.165) is 23.9 Å². The lowest BCUT2D eigenvalue weighted by molar-refractivity contribution is -0.114. The zero-order valence-electron chi connectivity index (χ0n) is 11.5. The molecule has 0 spiro atoms. The van der Waals surface area contributed by atoms with Gasteiger partial charge in [0.1, 0.15) is 5.54 Å². The first-order chi connectivity index (χ1) is 9.81. The van der Waals surface area contributed by atoms with Gasteiger partial charge in [-0.15, -0.1) is 0 Å². The van der Waals surface area contributed by atoms with Crippen LogP contribution in [0.1, 0.15) is 30.1 Å². The SMILES string of the molecule is COC(=O)c1cn(C2(C(F)F)CC2)c(=O)cc1NC(C)=O. The number of rotatable bonds is 4. The van der Waals surface area contributed by atoms with Crippen LogP contribution in [0.15, 0.2) is 17.1 Å². The third kappa shape index (κ3) is 2.65. The molecule has 1 fully saturated rings. The van der Waals surface area contributed by atoms with Crippen LogP contribution in [0.5, 0.6) is 0 Å². The zero-order valence-corrected chi connectivity index (χ0v) is 11.5. The highest BCUT2D eigenvalue weighted by Gasteiger charge is 2.53. The number of pyridine rings is 1. The molecule has 0 bridgehead atoms. The van der Waals surface area contributed by atoms with E-state index in [1.54, 1.807) is 0 Å². The fraction of sp³-hybridized carbons (Fsp3) is 0.462. The molecule has 8 heteroatoms. The molecule has 0 saturated heterocycles. The molecule has 1 amide bonds. The van der Waals surface area contributed by atoms with E-state index in [-0.39, 0.29) is 24.1 Å². The normalized spacial score (nSPS) is 15.7. The fourth-order valence-corrected chi connectivity index (χ4v) is 2.14. The third-order valence-electron chi connectivity index (χ3n) is 3.42. The number of amides is 1. The van der Waals surface area contributed by atoms with Gasteiger partial charge in [-0.3, -0.25) is 9.59 Å². The summed E-state index contributed by atoms with van der Waals surface area (Å²) in [5.41, 5.74) is -2.46. The molecular formula is C13H14F2N2O4. The van der Waals surface area contributed by atoms with Crippen LogP contribution in [0.2, 0.25) is 0 Å². The third-order valence-corrected chi connectivity index (χ3v) is 3.42. The number of aromatic nitrogens is 1. The summed E-state index contributed by atoms with van der Waals surface area (Å²) in [6, 6.07) is 0.954. The largest absolute Gasteiger partial charge is 0.465 e. The number of nitrogens with one attached hydrogen (secondary N) is 1. The van der Waals surface area contributed by atoms with E-state index < -0.39 is 29.4 Å². The predicted molar refractivity (Wildman–Crippen MR) is 69.6 cm³/mol. The molecular weight excluding hydrogens is 286 g/mol. The molecule has 1 aliphatic carbocycles. The topological polar surface area (TPSA) is 77.4 Å². The lowest BCUT2D eigenvalue weighted by atomic mass is 10.2. The van der Waals surface area contributed by atoms with Crippen LogP contribution in [0.3, 0.4) is 0 Å². The molecule has 1 N–H and O–H groups in total. The first kappa shape index (κ1) is 15.1. The van der Waals surface area contributed by atoms with Gasteiger partial charge in [-0.1, -0.05) is 0 Å². The standard InChI is InChI=1S/C13H14F2N2O4/c1-7(18)16-9-5-10(19)17(6-8(9)11(20)21-2)13(3-4-13)12(14)15/h5-6,12H,3-4H2,1-2H3,(H,16,18). The lowest BCUT2D eigenvalue weighted by Crippen LogP contribution is -2.36. The van der Waals surface area contributed by atoms with E-state index in [2.05, 4.69) is 10.1 Å². The average Bonchev–Trinajstić information content (AvgIpc) is 3.18. The highest BCUT2D eigenvalue weighted by atomic mass is 19.3. The van der Waals surface area contributed by atoms with Crippen molar-refractivity contribution in [3.8, 4) is 0 Å². The second-order valence-corrected chi connectivity index (χ2v) is 4.89. The van der Waals surface area contributed by atoms with E-state index >= 15 is 0 Å². The van der Waals surface area contributed by atoms with Gasteiger partial charge in [0, 0.05) is 19.2 Å². The molecule has 0 atom stereocenters. The zero-order chi connectivity index (χ0) is 15.8. The summed E-state index contributed by atoms with van der Waals surface area (Å²) >= 11 is 0. The fourth-order valence-electron chi connectivity index (χ4n) is 2.14. The molecule has 0 radical (unpaired) electrons. The van der Waals surface area contributed by atoms with Gasteiger partial charge in [0.05, 0.1) is 18.4 Å². The number of carbonyl (C=O) groups is 2. The Morgan fingerprint density at radius 1 is 1.43 bits per heavy atom. The second kappa shape index (κ2) is 5.27. The van der Waals surface area contributed by atoms with Crippen molar-refractivity contribution >= 4 is 17.6 Å². The quantitative estimate of drug-likeness (QED) is 0.851. The minimum Gasteiger partial charge on any atom is -0.465 e. The maximum absolute atomic E-state index is 13.1. The molecule has 1 aliphatic rings. The number of esters is 1. The molecule has 0 aromatic carbocycles. The van der Waals surface area contributed by atoms with Gasteiger partial charge in [0.25, 0.3) is 12.0 Å². The molecule has 6 nitrogen and oxygen atoms in total. The molecule has 1 aromatic rings. The number of alkyl halides is 2. The monoisotopic (exact) mass is 300 g/mol. The van der Waals surface area contributed by atoms with E-state index in [4.69, 9.17) is 0 Å². The summed E-state index contributed by atoms with van der Waals surface area (Å²) in [6.07, 6.45) is -1.37. The van der Waals surface area contributed by atoms with Crippen molar-refractivity contribution in [3.63, 3.8) is 0 Å². The van der Waals surface area contributed by atoms with Crippen molar-refractivity contribution < 1.29 is 23.1 Å². The van der Waals surface area contributed by atoms with Crippen LogP contribution in [0.25, 0.3) is 0 Å². The lowest BCUT2D eigenvalue weighted by Gasteiger charge is -2.19. The number of hydrogen-bond donors (Lipinski definition) is 1. The number of methoxy groups -OCH3 is 1. The van der Waals surface area contributed by atoms with Crippen LogP contribution in [-0.2, 0) is 15.1 Å². The van der Waals surface area contributed by atoms with E-state index in [1.165, 1.54) is 6.92 Å². The summed E-state index contributed by atoms with van der Waals surface area (Å²) in [4.78, 5) is 34.8. The summed E-state index contributed by atoms with van der Waals surface area (Å²) in [5.74, 6) is -1.31. The van der Waals surface area contributed by atoms with Gasteiger partial charge >= 0.3 is 5.97 Å². The van der Waals surface area contributed by atoms with Gasteiger partial charge in [0.2, 0.25) is 5.91 Å². The number of halogens is 2. The molecule has 114 valence electrons. The van der Waals surface area contributed by atoms with Gasteiger partial charge in [0.15, 0.2) is 0 Å². The van der Waals surface area contributed by atoms with Crippen LogP contribution < -0.4 is 10.9 Å². The van der Waals surface area contributed by atoms with Crippen LogP contribution in [-0.4, -0.2) is 30.0 Å². The van der Waals surface area contributed by atoms with Gasteiger partial charge < -0.3 is 14.6 Å². The number of carbonyl (C=O) groups excluding carboxylic acids is 2. The Morgan fingerprint density at radius 2 is 2.05 bits per heavy atom. The number of nitrogens with zero attached hydrogens (tertiary/aromatic N) is 1. The summed E-state index contributed by atoms with van der Waals surface area (Å²) in [7, 11) is 1.12. The van der Waals surface area contributed by atoms with Crippen molar-refractivity contribution in [2.75, 3.05) is 12.4 Å². The Labute approximate surface area is 118 Å². The Balaban J connectivity index is 2.58. The molecule has 2 rings (SSSR count). The van der Waals surface area contributed by atoms with Crippen molar-refractivity contribution in [3.05, 3.63) is 28.2 Å². The molecule has 0 unspecified atom stereocenters. The van der Waals surface area contributed by atoms with Gasteiger partial charge in [-0.25, -0.2) is 13.6 Å². The van der Waals surface area contributed by atoms with E-state index in [1.807, 2.05) is 0 Å². The van der Waals surface area contributed by atoms with E-state index in [0.29, 0.717) is 0 Å². The summed E-state index contributed by atoms with van der Waals surface area (Å²) in [5, 5.41) is 2.32. The van der Waals surface area contributed by atoms with Crippen molar-refractivity contribution in [2.24, 2.45) is 0 Å². The Hall–Kier alpha value is -2.25. The van der Waals surface area contributed by atoms with Crippen molar-refractivity contribution in [1.82, 2.24) is 4.57 Å². The minimum absolute atomic E-state index is 0.0549.